The Labute approximate surface area is 148 Å². The smallest absolute Gasteiger partial charge is 0.250 e. The molecule has 6 heteroatoms. The van der Waals surface area contributed by atoms with Crippen LogP contribution in [0.15, 0.2) is 47.2 Å². The standard InChI is InChI=1S/C18H16N2O2S2/c1-12-10-13(5-7-16(12)22-2)15-11-24-18(19-15)20-17(21)8-6-14-4-3-9-23-14/h3-11H,1-2H3,(H,19,20,21). The molecule has 0 saturated carbocycles. The quantitative estimate of drug-likeness (QED) is 0.666. The number of aromatic nitrogens is 1. The number of methoxy groups -OCH3 is 1. The largest absolute Gasteiger partial charge is 0.496 e. The fourth-order valence-electron chi connectivity index (χ4n) is 2.19. The molecule has 4 nitrogen and oxygen atoms in total. The van der Waals surface area contributed by atoms with Gasteiger partial charge in [-0.3, -0.25) is 10.1 Å². The molecule has 0 atom stereocenters. The maximum Gasteiger partial charge on any atom is 0.250 e. The Morgan fingerprint density at radius 3 is 2.88 bits per heavy atom. The third kappa shape index (κ3) is 3.90. The molecular weight excluding hydrogens is 340 g/mol. The molecule has 2 heterocycles. The minimum atomic E-state index is -0.185. The third-order valence-corrected chi connectivity index (χ3v) is 4.96. The van der Waals surface area contributed by atoms with Crippen LogP contribution in [0.5, 0.6) is 5.75 Å². The van der Waals surface area contributed by atoms with Gasteiger partial charge in [0.1, 0.15) is 5.75 Å². The number of carbonyl (C=O) groups excluding carboxylic acids is 1. The normalized spacial score (nSPS) is 10.9. The fraction of sp³-hybridized carbons (Fsp3) is 0.111. The van der Waals surface area contributed by atoms with Crippen molar-refractivity contribution in [1.82, 2.24) is 4.98 Å². The maximum atomic E-state index is 11.9. The first-order valence-electron chi connectivity index (χ1n) is 7.29. The Kier molecular flexibility index (Phi) is 5.08. The fourth-order valence-corrected chi connectivity index (χ4v) is 3.53. The molecule has 0 aliphatic rings. The highest BCUT2D eigenvalue weighted by molar-refractivity contribution is 7.14. The van der Waals surface area contributed by atoms with Crippen molar-refractivity contribution in [2.75, 3.05) is 12.4 Å². The number of nitrogens with one attached hydrogen (secondary N) is 1. The van der Waals surface area contributed by atoms with Gasteiger partial charge in [-0.25, -0.2) is 4.98 Å². The first-order chi connectivity index (χ1) is 11.7. The van der Waals surface area contributed by atoms with Gasteiger partial charge in [-0.05, 0) is 48.2 Å². The van der Waals surface area contributed by atoms with Gasteiger partial charge in [-0.1, -0.05) is 6.07 Å². The zero-order valence-electron chi connectivity index (χ0n) is 13.3. The molecule has 3 aromatic rings. The summed E-state index contributed by atoms with van der Waals surface area (Å²) in [6.45, 7) is 1.99. The minimum Gasteiger partial charge on any atom is -0.496 e. The zero-order valence-corrected chi connectivity index (χ0v) is 14.9. The lowest BCUT2D eigenvalue weighted by Crippen LogP contribution is -2.07. The van der Waals surface area contributed by atoms with Crippen molar-refractivity contribution >= 4 is 39.8 Å². The van der Waals surface area contributed by atoms with Crippen LogP contribution in [0.25, 0.3) is 17.3 Å². The molecule has 0 saturated heterocycles. The van der Waals surface area contributed by atoms with E-state index in [2.05, 4.69) is 10.3 Å². The van der Waals surface area contributed by atoms with Crippen LogP contribution >= 0.6 is 22.7 Å². The molecule has 0 aliphatic heterocycles. The van der Waals surface area contributed by atoms with Crippen molar-refractivity contribution in [2.45, 2.75) is 6.92 Å². The molecule has 3 rings (SSSR count). The van der Waals surface area contributed by atoms with E-state index in [1.807, 2.05) is 48.0 Å². The average Bonchev–Trinajstić information content (AvgIpc) is 3.24. The third-order valence-electron chi connectivity index (χ3n) is 3.37. The van der Waals surface area contributed by atoms with Gasteiger partial charge in [0, 0.05) is 21.9 Å². The van der Waals surface area contributed by atoms with Gasteiger partial charge in [-0.2, -0.15) is 0 Å². The summed E-state index contributed by atoms with van der Waals surface area (Å²) in [6, 6.07) is 9.82. The van der Waals surface area contributed by atoms with Crippen LogP contribution < -0.4 is 10.1 Å². The van der Waals surface area contributed by atoms with E-state index in [1.165, 1.54) is 17.4 Å². The number of hydrogen-bond donors (Lipinski definition) is 1. The van der Waals surface area contributed by atoms with Gasteiger partial charge in [0.2, 0.25) is 5.91 Å². The van der Waals surface area contributed by atoms with Crippen LogP contribution in [0, 0.1) is 6.92 Å². The Morgan fingerprint density at radius 2 is 2.17 bits per heavy atom. The minimum absolute atomic E-state index is 0.185. The van der Waals surface area contributed by atoms with E-state index < -0.39 is 0 Å². The maximum absolute atomic E-state index is 11.9. The van der Waals surface area contributed by atoms with E-state index in [0.29, 0.717) is 5.13 Å². The Balaban J connectivity index is 1.69. The van der Waals surface area contributed by atoms with Gasteiger partial charge >= 0.3 is 0 Å². The molecule has 0 unspecified atom stereocenters. The van der Waals surface area contributed by atoms with E-state index in [9.17, 15) is 4.79 Å². The van der Waals surface area contributed by atoms with Gasteiger partial charge in [0.05, 0.1) is 12.8 Å². The first kappa shape index (κ1) is 16.4. The summed E-state index contributed by atoms with van der Waals surface area (Å²) >= 11 is 2.99. The first-order valence-corrected chi connectivity index (χ1v) is 9.05. The summed E-state index contributed by atoms with van der Waals surface area (Å²) in [6.07, 6.45) is 3.31. The number of hydrogen-bond acceptors (Lipinski definition) is 5. The summed E-state index contributed by atoms with van der Waals surface area (Å²) in [5.41, 5.74) is 2.88. The molecule has 122 valence electrons. The van der Waals surface area contributed by atoms with Gasteiger partial charge < -0.3 is 4.74 Å². The molecule has 1 N–H and O–H groups in total. The number of rotatable bonds is 5. The highest BCUT2D eigenvalue weighted by Gasteiger charge is 2.08. The second-order valence-electron chi connectivity index (χ2n) is 5.06. The molecule has 0 radical (unpaired) electrons. The molecule has 1 amide bonds. The number of aryl methyl sites for hydroxylation is 1. The summed E-state index contributed by atoms with van der Waals surface area (Å²) in [5.74, 6) is 0.663. The molecular formula is C18H16N2O2S2. The lowest BCUT2D eigenvalue weighted by Gasteiger charge is -2.05. The number of anilines is 1. The molecule has 24 heavy (non-hydrogen) atoms. The predicted molar refractivity (Wildman–Crippen MR) is 101 cm³/mol. The number of thiazole rings is 1. The van der Waals surface area contributed by atoms with Gasteiger partial charge in [-0.15, -0.1) is 22.7 Å². The van der Waals surface area contributed by atoms with Crippen LogP contribution in [0.4, 0.5) is 5.13 Å². The number of ether oxygens (including phenoxy) is 1. The molecule has 0 aliphatic carbocycles. The zero-order chi connectivity index (χ0) is 16.9. The van der Waals surface area contributed by atoms with E-state index in [1.54, 1.807) is 24.5 Å². The number of thiophene rings is 1. The van der Waals surface area contributed by atoms with Crippen LogP contribution in [-0.2, 0) is 4.79 Å². The molecule has 0 bridgehead atoms. The second-order valence-corrected chi connectivity index (χ2v) is 6.90. The Morgan fingerprint density at radius 1 is 1.29 bits per heavy atom. The van der Waals surface area contributed by atoms with E-state index in [-0.39, 0.29) is 5.91 Å². The molecule has 2 aromatic heterocycles. The van der Waals surface area contributed by atoms with Crippen molar-refractivity contribution in [2.24, 2.45) is 0 Å². The average molecular weight is 356 g/mol. The number of amides is 1. The second kappa shape index (κ2) is 7.42. The van der Waals surface area contributed by atoms with Crippen LogP contribution in [0.1, 0.15) is 10.4 Å². The highest BCUT2D eigenvalue weighted by atomic mass is 32.1. The van der Waals surface area contributed by atoms with Gasteiger partial charge in [0.15, 0.2) is 5.13 Å². The monoisotopic (exact) mass is 356 g/mol. The lowest BCUT2D eigenvalue weighted by atomic mass is 10.1. The van der Waals surface area contributed by atoms with Crippen molar-refractivity contribution in [1.29, 1.82) is 0 Å². The van der Waals surface area contributed by atoms with Crippen molar-refractivity contribution in [3.8, 4) is 17.0 Å². The molecule has 1 aromatic carbocycles. The number of nitrogens with zero attached hydrogens (tertiary/aromatic N) is 1. The van der Waals surface area contributed by atoms with E-state index in [4.69, 9.17) is 4.74 Å². The Hall–Kier alpha value is -2.44. The van der Waals surface area contributed by atoms with E-state index in [0.717, 1.165) is 27.4 Å². The summed E-state index contributed by atoms with van der Waals surface area (Å²) in [4.78, 5) is 17.5. The Bertz CT molecular complexity index is 867. The van der Waals surface area contributed by atoms with Crippen molar-refractivity contribution in [3.05, 3.63) is 57.6 Å². The van der Waals surface area contributed by atoms with E-state index >= 15 is 0 Å². The van der Waals surface area contributed by atoms with Crippen LogP contribution in [0.2, 0.25) is 0 Å². The number of benzene rings is 1. The topological polar surface area (TPSA) is 51.2 Å². The lowest BCUT2D eigenvalue weighted by molar-refractivity contribution is -0.111. The SMILES string of the molecule is COc1ccc(-c2csc(NC(=O)C=Cc3cccs3)n2)cc1C. The van der Waals surface area contributed by atoms with Crippen LogP contribution in [-0.4, -0.2) is 18.0 Å². The van der Waals surface area contributed by atoms with Gasteiger partial charge in [0.25, 0.3) is 0 Å². The summed E-state index contributed by atoms with van der Waals surface area (Å²) in [7, 11) is 1.65. The number of carbonyl (C=O) groups is 1. The molecule has 0 spiro atoms. The van der Waals surface area contributed by atoms with Crippen LogP contribution in [0.3, 0.4) is 0 Å². The molecule has 0 fully saturated rings. The van der Waals surface area contributed by atoms with Crippen molar-refractivity contribution in [3.63, 3.8) is 0 Å². The summed E-state index contributed by atoms with van der Waals surface area (Å²) < 4.78 is 5.27. The van der Waals surface area contributed by atoms with Crippen molar-refractivity contribution < 1.29 is 9.53 Å². The highest BCUT2D eigenvalue weighted by Crippen LogP contribution is 2.28. The summed E-state index contributed by atoms with van der Waals surface area (Å²) in [5, 5.41) is 7.28. The predicted octanol–water partition coefficient (Wildman–Crippen LogP) is 4.84.